The number of hydrogen-bond acceptors (Lipinski definition) is 5. The normalized spacial score (nSPS) is 21.2. The first-order chi connectivity index (χ1) is 8.50. The monoisotopic (exact) mass is 316 g/mol. The van der Waals surface area contributed by atoms with Crippen LogP contribution in [0.5, 0.6) is 0 Å². The Labute approximate surface area is 127 Å². The van der Waals surface area contributed by atoms with E-state index in [1.165, 1.54) is 11.8 Å². The van der Waals surface area contributed by atoms with Crippen molar-refractivity contribution >= 4 is 44.9 Å². The molecule has 0 aromatic heterocycles. The molecule has 1 saturated heterocycles. The lowest BCUT2D eigenvalue weighted by molar-refractivity contribution is -0.122. The summed E-state index contributed by atoms with van der Waals surface area (Å²) >= 11 is 1.51. The Balaban J connectivity index is 2.75. The first kappa shape index (κ1) is 16.9. The number of carbonyl (C=O) groups is 2. The van der Waals surface area contributed by atoms with Crippen LogP contribution in [0.25, 0.3) is 0 Å². The third-order valence-electron chi connectivity index (χ3n) is 2.38. The SMILES string of the molecule is CC(C)(C)C(=O)/C=C1\SS/C(=C/C(=O)C(C)(C)C)S1. The van der Waals surface area contributed by atoms with Crippen LogP contribution in [0.4, 0.5) is 0 Å². The van der Waals surface area contributed by atoms with Gasteiger partial charge in [-0.3, -0.25) is 9.59 Å². The van der Waals surface area contributed by atoms with Gasteiger partial charge in [-0.1, -0.05) is 53.3 Å². The lowest BCUT2D eigenvalue weighted by Gasteiger charge is -2.13. The van der Waals surface area contributed by atoms with Gasteiger partial charge in [0.15, 0.2) is 11.6 Å². The highest BCUT2D eigenvalue weighted by atomic mass is 33.1. The van der Waals surface area contributed by atoms with Gasteiger partial charge in [0.2, 0.25) is 0 Å². The highest BCUT2D eigenvalue weighted by Gasteiger charge is 2.25. The smallest absolute Gasteiger partial charge is 0.162 e. The summed E-state index contributed by atoms with van der Waals surface area (Å²) in [4.78, 5) is 23.8. The van der Waals surface area contributed by atoms with E-state index in [2.05, 4.69) is 0 Å². The number of hydrogen-bond donors (Lipinski definition) is 0. The molecule has 0 aromatic carbocycles. The minimum absolute atomic E-state index is 0.117. The standard InChI is InChI=1S/C14H20O2S3/c1-13(2,3)9(15)7-11-17-12(19-18-11)8-10(16)14(4,5)6/h7-8H,1-6H3/b11-7-,12-8+. The second-order valence-electron chi connectivity index (χ2n) is 6.42. The minimum atomic E-state index is -0.355. The summed E-state index contributed by atoms with van der Waals surface area (Å²) in [5, 5.41) is 0. The predicted molar refractivity (Wildman–Crippen MR) is 87.9 cm³/mol. The zero-order valence-corrected chi connectivity index (χ0v) is 14.6. The Morgan fingerprint density at radius 2 is 1.11 bits per heavy atom. The minimum Gasteiger partial charge on any atom is -0.294 e. The van der Waals surface area contributed by atoms with Gasteiger partial charge in [0.1, 0.15) is 0 Å². The summed E-state index contributed by atoms with van der Waals surface area (Å²) in [6, 6.07) is 0. The van der Waals surface area contributed by atoms with Crippen LogP contribution in [-0.2, 0) is 9.59 Å². The van der Waals surface area contributed by atoms with Gasteiger partial charge in [0.25, 0.3) is 0 Å². The molecule has 1 aliphatic rings. The van der Waals surface area contributed by atoms with Crippen LogP contribution in [0.3, 0.4) is 0 Å². The fraction of sp³-hybridized carbons (Fsp3) is 0.571. The molecule has 0 amide bonds. The third-order valence-corrected chi connectivity index (χ3v) is 6.63. The van der Waals surface area contributed by atoms with Gasteiger partial charge in [-0.15, -0.1) is 0 Å². The lowest BCUT2D eigenvalue weighted by atomic mass is 9.91. The van der Waals surface area contributed by atoms with E-state index in [1.807, 2.05) is 41.5 Å². The number of carbonyl (C=O) groups excluding carboxylic acids is 2. The summed E-state index contributed by atoms with van der Waals surface area (Å²) in [5.41, 5.74) is -0.709. The Morgan fingerprint density at radius 3 is 1.37 bits per heavy atom. The van der Waals surface area contributed by atoms with E-state index in [0.717, 1.165) is 8.47 Å². The molecule has 0 unspecified atom stereocenters. The average Bonchev–Trinajstić information content (AvgIpc) is 2.62. The fourth-order valence-corrected chi connectivity index (χ4v) is 4.95. The summed E-state index contributed by atoms with van der Waals surface area (Å²) in [6.07, 6.45) is 3.37. The fourth-order valence-electron chi connectivity index (χ4n) is 0.969. The summed E-state index contributed by atoms with van der Waals surface area (Å²) in [6.45, 7) is 11.4. The second kappa shape index (κ2) is 6.10. The highest BCUT2D eigenvalue weighted by Crippen LogP contribution is 2.57. The zero-order chi connectivity index (χ0) is 14.8. The number of allylic oxidation sites excluding steroid dienone is 2. The highest BCUT2D eigenvalue weighted by molar-refractivity contribution is 8.86. The van der Waals surface area contributed by atoms with Crippen molar-refractivity contribution < 1.29 is 9.59 Å². The molecule has 1 heterocycles. The van der Waals surface area contributed by atoms with E-state index < -0.39 is 0 Å². The molecule has 0 aliphatic carbocycles. The Bertz CT molecular complexity index is 406. The van der Waals surface area contributed by atoms with Crippen LogP contribution in [0.1, 0.15) is 41.5 Å². The van der Waals surface area contributed by atoms with Gasteiger partial charge >= 0.3 is 0 Å². The van der Waals surface area contributed by atoms with Crippen LogP contribution in [0.15, 0.2) is 20.6 Å². The van der Waals surface area contributed by atoms with E-state index in [9.17, 15) is 9.59 Å². The van der Waals surface area contributed by atoms with Crippen LogP contribution >= 0.6 is 33.3 Å². The van der Waals surface area contributed by atoms with Crippen molar-refractivity contribution in [1.82, 2.24) is 0 Å². The maximum Gasteiger partial charge on any atom is 0.162 e. The summed E-state index contributed by atoms with van der Waals surface area (Å²) in [5.74, 6) is 0.234. The maximum absolute atomic E-state index is 11.9. The van der Waals surface area contributed by atoms with Crippen molar-refractivity contribution in [3.8, 4) is 0 Å². The van der Waals surface area contributed by atoms with Gasteiger partial charge in [0, 0.05) is 23.0 Å². The molecule has 0 bridgehead atoms. The van der Waals surface area contributed by atoms with E-state index in [1.54, 1.807) is 33.7 Å². The third kappa shape index (κ3) is 5.40. The molecule has 0 saturated carbocycles. The molecular formula is C14H20O2S3. The molecule has 0 atom stereocenters. The summed E-state index contributed by atoms with van der Waals surface area (Å²) in [7, 11) is 3.09. The van der Waals surface area contributed by atoms with Crippen molar-refractivity contribution in [2.75, 3.05) is 0 Å². The quantitative estimate of drug-likeness (QED) is 0.527. The van der Waals surface area contributed by atoms with Crippen molar-refractivity contribution in [3.05, 3.63) is 20.6 Å². The van der Waals surface area contributed by atoms with Crippen molar-refractivity contribution in [3.63, 3.8) is 0 Å². The lowest BCUT2D eigenvalue weighted by Crippen LogP contribution is -2.17. The molecule has 0 spiro atoms. The number of ketones is 2. The Kier molecular flexibility index (Phi) is 5.43. The van der Waals surface area contributed by atoms with E-state index in [-0.39, 0.29) is 22.4 Å². The molecule has 1 fully saturated rings. The van der Waals surface area contributed by atoms with Gasteiger partial charge < -0.3 is 0 Å². The molecule has 0 aromatic rings. The van der Waals surface area contributed by atoms with Crippen LogP contribution in [-0.4, -0.2) is 11.6 Å². The van der Waals surface area contributed by atoms with Crippen LogP contribution < -0.4 is 0 Å². The maximum atomic E-state index is 11.9. The van der Waals surface area contributed by atoms with Gasteiger partial charge in [-0.05, 0) is 21.6 Å². The largest absolute Gasteiger partial charge is 0.294 e. The number of thioether (sulfide) groups is 1. The van der Waals surface area contributed by atoms with E-state index >= 15 is 0 Å². The molecular weight excluding hydrogens is 296 g/mol. The average molecular weight is 317 g/mol. The molecule has 106 valence electrons. The summed E-state index contributed by atoms with van der Waals surface area (Å²) < 4.78 is 1.91. The van der Waals surface area contributed by atoms with E-state index in [0.29, 0.717) is 0 Å². The van der Waals surface area contributed by atoms with E-state index in [4.69, 9.17) is 0 Å². The second-order valence-corrected chi connectivity index (χ2v) is 10.2. The van der Waals surface area contributed by atoms with Gasteiger partial charge in [0.05, 0.1) is 8.47 Å². The topological polar surface area (TPSA) is 34.1 Å². The van der Waals surface area contributed by atoms with Crippen LogP contribution in [0.2, 0.25) is 0 Å². The zero-order valence-electron chi connectivity index (χ0n) is 12.2. The van der Waals surface area contributed by atoms with Crippen LogP contribution in [0, 0.1) is 10.8 Å². The van der Waals surface area contributed by atoms with Crippen molar-refractivity contribution in [1.29, 1.82) is 0 Å². The predicted octanol–water partition coefficient (Wildman–Crippen LogP) is 5.03. The molecule has 5 heteroatoms. The Hall–Kier alpha value is -0.130. The first-order valence-electron chi connectivity index (χ1n) is 6.05. The number of rotatable bonds is 2. The molecule has 19 heavy (non-hydrogen) atoms. The first-order valence-corrected chi connectivity index (χ1v) is 9.01. The molecule has 0 N–H and O–H groups in total. The Morgan fingerprint density at radius 1 is 0.789 bits per heavy atom. The van der Waals surface area contributed by atoms with Crippen molar-refractivity contribution in [2.24, 2.45) is 10.8 Å². The molecule has 1 aliphatic heterocycles. The van der Waals surface area contributed by atoms with Crippen molar-refractivity contribution in [2.45, 2.75) is 41.5 Å². The van der Waals surface area contributed by atoms with Gasteiger partial charge in [-0.25, -0.2) is 0 Å². The van der Waals surface area contributed by atoms with Gasteiger partial charge in [-0.2, -0.15) is 0 Å². The molecule has 1 rings (SSSR count). The molecule has 2 nitrogen and oxygen atoms in total. The molecule has 0 radical (unpaired) electrons.